The molecule has 1 aromatic rings. The summed E-state index contributed by atoms with van der Waals surface area (Å²) in [6.45, 7) is 1.15. The second kappa shape index (κ2) is 7.34. The molecule has 0 saturated carbocycles. The van der Waals surface area contributed by atoms with E-state index in [4.69, 9.17) is 11.6 Å². The average Bonchev–Trinajstić information content (AvgIpc) is 2.47. The molecule has 1 saturated heterocycles. The van der Waals surface area contributed by atoms with Gasteiger partial charge >= 0.3 is 6.03 Å². The maximum absolute atomic E-state index is 12.5. The summed E-state index contributed by atoms with van der Waals surface area (Å²) in [5.41, 5.74) is 0.344. The quantitative estimate of drug-likeness (QED) is 0.646. The standard InChI is InChI=1S/C15H17ClN4O3/c1-19(2)8-7-17-9-12-13(21)18-15(23)20(14(12)22)11-5-3-10(16)4-6-11/h3-6,9,12H,7-8H2,1-2H3,(H,18,21,23). The van der Waals surface area contributed by atoms with Gasteiger partial charge in [0.2, 0.25) is 5.91 Å². The Bertz CT molecular complexity index is 643. The van der Waals surface area contributed by atoms with Gasteiger partial charge in [0.15, 0.2) is 5.92 Å². The van der Waals surface area contributed by atoms with Crippen molar-refractivity contribution in [2.75, 3.05) is 32.1 Å². The Morgan fingerprint density at radius 3 is 2.52 bits per heavy atom. The van der Waals surface area contributed by atoms with E-state index in [0.29, 0.717) is 23.8 Å². The van der Waals surface area contributed by atoms with Crippen LogP contribution in [-0.4, -0.2) is 56.1 Å². The number of halogens is 1. The molecule has 0 aliphatic carbocycles. The minimum Gasteiger partial charge on any atom is -0.308 e. The normalized spacial score (nSPS) is 18.9. The van der Waals surface area contributed by atoms with E-state index in [9.17, 15) is 14.4 Å². The third kappa shape index (κ3) is 4.14. The van der Waals surface area contributed by atoms with Gasteiger partial charge in [-0.1, -0.05) is 11.6 Å². The summed E-state index contributed by atoms with van der Waals surface area (Å²) in [6, 6.07) is 5.42. The summed E-state index contributed by atoms with van der Waals surface area (Å²) in [5, 5.41) is 2.65. The van der Waals surface area contributed by atoms with Crippen molar-refractivity contribution >= 4 is 41.3 Å². The zero-order valence-corrected chi connectivity index (χ0v) is 13.6. The van der Waals surface area contributed by atoms with Gasteiger partial charge in [-0.25, -0.2) is 9.69 Å². The number of hydrogen-bond donors (Lipinski definition) is 1. The number of urea groups is 1. The number of hydrogen-bond acceptors (Lipinski definition) is 5. The summed E-state index contributed by atoms with van der Waals surface area (Å²) < 4.78 is 0. The smallest absolute Gasteiger partial charge is 0.308 e. The predicted octanol–water partition coefficient (Wildman–Crippen LogP) is 1.17. The van der Waals surface area contributed by atoms with E-state index in [1.807, 2.05) is 19.0 Å². The SMILES string of the molecule is CN(C)CCN=CC1C(=O)NC(=O)N(c2ccc(Cl)cc2)C1=O. The minimum absolute atomic E-state index is 0.344. The molecular weight excluding hydrogens is 320 g/mol. The van der Waals surface area contributed by atoms with Crippen molar-refractivity contribution in [1.29, 1.82) is 0 Å². The van der Waals surface area contributed by atoms with Gasteiger partial charge in [-0.3, -0.25) is 19.9 Å². The first-order chi connectivity index (χ1) is 10.9. The highest BCUT2D eigenvalue weighted by Crippen LogP contribution is 2.22. The van der Waals surface area contributed by atoms with Crippen LogP contribution in [0.5, 0.6) is 0 Å². The number of imide groups is 2. The lowest BCUT2D eigenvalue weighted by Crippen LogP contribution is -2.58. The molecular formula is C15H17ClN4O3. The highest BCUT2D eigenvalue weighted by molar-refractivity contribution is 6.33. The van der Waals surface area contributed by atoms with Crippen molar-refractivity contribution in [3.05, 3.63) is 29.3 Å². The van der Waals surface area contributed by atoms with Gasteiger partial charge in [-0.05, 0) is 38.4 Å². The maximum atomic E-state index is 12.5. The molecule has 23 heavy (non-hydrogen) atoms. The Labute approximate surface area is 138 Å². The van der Waals surface area contributed by atoms with Gasteiger partial charge in [0.25, 0.3) is 5.91 Å². The number of barbiturate groups is 1. The van der Waals surface area contributed by atoms with Crippen LogP contribution in [0.4, 0.5) is 10.5 Å². The van der Waals surface area contributed by atoms with Crippen LogP contribution in [0.3, 0.4) is 0 Å². The summed E-state index contributed by atoms with van der Waals surface area (Å²) >= 11 is 5.80. The fraction of sp³-hybridized carbons (Fsp3) is 0.333. The number of rotatable bonds is 5. The molecule has 7 nitrogen and oxygen atoms in total. The van der Waals surface area contributed by atoms with Crippen molar-refractivity contribution in [2.45, 2.75) is 0 Å². The van der Waals surface area contributed by atoms with Crippen molar-refractivity contribution < 1.29 is 14.4 Å². The zero-order valence-electron chi connectivity index (χ0n) is 12.8. The van der Waals surface area contributed by atoms with Crippen molar-refractivity contribution in [3.63, 3.8) is 0 Å². The van der Waals surface area contributed by atoms with Gasteiger partial charge in [-0.2, -0.15) is 0 Å². The van der Waals surface area contributed by atoms with Crippen molar-refractivity contribution in [1.82, 2.24) is 10.2 Å². The molecule has 0 bridgehead atoms. The van der Waals surface area contributed by atoms with Gasteiger partial charge in [0.1, 0.15) is 0 Å². The topological polar surface area (TPSA) is 82.1 Å². The third-order valence-corrected chi connectivity index (χ3v) is 3.47. The van der Waals surface area contributed by atoms with Crippen LogP contribution in [0, 0.1) is 5.92 Å². The summed E-state index contributed by atoms with van der Waals surface area (Å²) in [4.78, 5) is 43.2. The minimum atomic E-state index is -1.12. The second-order valence-electron chi connectivity index (χ2n) is 5.28. The van der Waals surface area contributed by atoms with E-state index in [2.05, 4.69) is 10.3 Å². The first-order valence-corrected chi connectivity index (χ1v) is 7.37. The first kappa shape index (κ1) is 17.1. The molecule has 1 aliphatic heterocycles. The molecule has 0 spiro atoms. The van der Waals surface area contributed by atoms with Gasteiger partial charge in [0, 0.05) is 17.8 Å². The van der Waals surface area contributed by atoms with E-state index >= 15 is 0 Å². The molecule has 1 aromatic carbocycles. The number of nitrogens with zero attached hydrogens (tertiary/aromatic N) is 3. The van der Waals surface area contributed by atoms with Crippen LogP contribution >= 0.6 is 11.6 Å². The highest BCUT2D eigenvalue weighted by atomic mass is 35.5. The van der Waals surface area contributed by atoms with Crippen molar-refractivity contribution in [3.8, 4) is 0 Å². The van der Waals surface area contributed by atoms with Gasteiger partial charge in [0.05, 0.1) is 12.2 Å². The number of carbonyl (C=O) groups excluding carboxylic acids is 3. The number of amides is 4. The van der Waals surface area contributed by atoms with Gasteiger partial charge in [-0.15, -0.1) is 0 Å². The Morgan fingerprint density at radius 1 is 1.26 bits per heavy atom. The molecule has 1 aliphatic rings. The van der Waals surface area contributed by atoms with E-state index in [-0.39, 0.29) is 0 Å². The first-order valence-electron chi connectivity index (χ1n) is 6.99. The molecule has 0 radical (unpaired) electrons. The highest BCUT2D eigenvalue weighted by Gasteiger charge is 2.40. The Morgan fingerprint density at radius 2 is 1.91 bits per heavy atom. The molecule has 8 heteroatoms. The molecule has 1 unspecified atom stereocenters. The summed E-state index contributed by atoms with van der Waals surface area (Å²) in [7, 11) is 3.80. The van der Waals surface area contributed by atoms with E-state index in [1.54, 1.807) is 12.1 Å². The van der Waals surface area contributed by atoms with Crippen LogP contribution < -0.4 is 10.2 Å². The molecule has 2 rings (SSSR count). The zero-order chi connectivity index (χ0) is 17.0. The van der Waals surface area contributed by atoms with Gasteiger partial charge < -0.3 is 4.90 Å². The van der Waals surface area contributed by atoms with Crippen LogP contribution in [0.2, 0.25) is 5.02 Å². The Kier molecular flexibility index (Phi) is 5.46. The molecule has 1 fully saturated rings. The summed E-state index contributed by atoms with van der Waals surface area (Å²) in [5.74, 6) is -2.42. The number of aliphatic imine (C=N–C) groups is 1. The molecule has 1 heterocycles. The van der Waals surface area contributed by atoms with E-state index < -0.39 is 23.8 Å². The van der Waals surface area contributed by atoms with Crippen LogP contribution in [0.1, 0.15) is 0 Å². The van der Waals surface area contributed by atoms with Crippen molar-refractivity contribution in [2.24, 2.45) is 10.9 Å². The van der Waals surface area contributed by atoms with E-state index in [1.165, 1.54) is 18.3 Å². The molecule has 1 N–H and O–H groups in total. The molecule has 1 atom stereocenters. The molecule has 122 valence electrons. The monoisotopic (exact) mass is 336 g/mol. The molecule has 0 aromatic heterocycles. The van der Waals surface area contributed by atoms with Crippen LogP contribution in [0.25, 0.3) is 0 Å². The van der Waals surface area contributed by atoms with E-state index in [0.717, 1.165) is 4.90 Å². The third-order valence-electron chi connectivity index (χ3n) is 3.22. The fourth-order valence-electron chi connectivity index (χ4n) is 1.99. The predicted molar refractivity (Wildman–Crippen MR) is 87.9 cm³/mol. The summed E-state index contributed by atoms with van der Waals surface area (Å²) in [6.07, 6.45) is 1.29. The maximum Gasteiger partial charge on any atom is 0.335 e. The van der Waals surface area contributed by atoms with Crippen LogP contribution in [0.15, 0.2) is 29.3 Å². The lowest BCUT2D eigenvalue weighted by atomic mass is 10.1. The number of carbonyl (C=O) groups is 3. The lowest BCUT2D eigenvalue weighted by Gasteiger charge is -2.28. The van der Waals surface area contributed by atoms with Crippen LogP contribution in [-0.2, 0) is 9.59 Å². The fourth-order valence-corrected chi connectivity index (χ4v) is 2.12. The lowest BCUT2D eigenvalue weighted by molar-refractivity contribution is -0.131. The number of anilines is 1. The number of benzene rings is 1. The average molecular weight is 337 g/mol. The second-order valence-corrected chi connectivity index (χ2v) is 5.72. The largest absolute Gasteiger partial charge is 0.335 e. The molecule has 4 amide bonds. The number of nitrogens with one attached hydrogen (secondary N) is 1. The Balaban J connectivity index is 2.18. The Hall–Kier alpha value is -2.25. The number of likely N-dealkylation sites (N-methyl/N-ethyl adjacent to an activating group) is 1.